The molecule has 134 valence electrons. The lowest BCUT2D eigenvalue weighted by atomic mass is 9.82. The van der Waals surface area contributed by atoms with Crippen molar-refractivity contribution >= 4 is 0 Å². The number of rotatable bonds is 6. The average Bonchev–Trinajstić information content (AvgIpc) is 2.62. The molecule has 2 aliphatic heterocycles. The van der Waals surface area contributed by atoms with Crippen LogP contribution in [-0.4, -0.2) is 69.3 Å². The molecule has 0 aliphatic carbocycles. The monoisotopic (exact) mass is 331 g/mol. The second-order valence-electron chi connectivity index (χ2n) is 7.87. The van der Waals surface area contributed by atoms with Crippen LogP contribution < -0.4 is 5.32 Å². The first-order chi connectivity index (χ1) is 11.6. The van der Waals surface area contributed by atoms with Crippen molar-refractivity contribution in [1.82, 2.24) is 15.1 Å². The second-order valence-corrected chi connectivity index (χ2v) is 7.87. The molecule has 3 rings (SSSR count). The zero-order valence-electron chi connectivity index (χ0n) is 15.3. The lowest BCUT2D eigenvalue weighted by molar-refractivity contribution is 0.0219. The predicted molar refractivity (Wildman–Crippen MR) is 99.3 cm³/mol. The third-order valence-electron chi connectivity index (χ3n) is 5.71. The van der Waals surface area contributed by atoms with Crippen LogP contribution in [0.5, 0.6) is 0 Å². The first kappa shape index (κ1) is 17.9. The highest BCUT2D eigenvalue weighted by Crippen LogP contribution is 2.29. The summed E-state index contributed by atoms with van der Waals surface area (Å²) in [6, 6.07) is 11.4. The van der Waals surface area contributed by atoms with E-state index in [1.807, 2.05) is 0 Å². The predicted octanol–water partition coefficient (Wildman–Crippen LogP) is 2.38. The van der Waals surface area contributed by atoms with Gasteiger partial charge in [0.05, 0.1) is 0 Å². The molecule has 2 aliphatic rings. The van der Waals surface area contributed by atoms with Crippen LogP contribution in [0, 0.1) is 5.41 Å². The third-order valence-corrected chi connectivity index (χ3v) is 5.71. The molecular weight excluding hydrogens is 298 g/mol. The second kappa shape index (κ2) is 8.43. The standard InChI is InChI=1S/C20H33N3O/c1-20(8-14-24-15-9-20)17-21-19(18-6-4-3-5-7-18)16-23-12-10-22(2)11-13-23/h3-7,19,21H,8-17H2,1-2H3. The number of hydrogen-bond acceptors (Lipinski definition) is 4. The van der Waals surface area contributed by atoms with Gasteiger partial charge < -0.3 is 15.0 Å². The third kappa shape index (κ3) is 5.03. The van der Waals surface area contributed by atoms with Gasteiger partial charge in [-0.2, -0.15) is 0 Å². The first-order valence-electron chi connectivity index (χ1n) is 9.42. The Morgan fingerprint density at radius 3 is 2.42 bits per heavy atom. The van der Waals surface area contributed by atoms with E-state index in [4.69, 9.17) is 4.74 Å². The van der Waals surface area contributed by atoms with Crippen LogP contribution in [0.1, 0.15) is 31.4 Å². The number of piperazine rings is 1. The topological polar surface area (TPSA) is 27.7 Å². The number of ether oxygens (including phenoxy) is 1. The van der Waals surface area contributed by atoms with Gasteiger partial charge in [0, 0.05) is 58.5 Å². The molecule has 1 unspecified atom stereocenters. The number of benzene rings is 1. The summed E-state index contributed by atoms with van der Waals surface area (Å²) in [5, 5.41) is 3.89. The highest BCUT2D eigenvalue weighted by atomic mass is 16.5. The summed E-state index contributed by atoms with van der Waals surface area (Å²) in [5.41, 5.74) is 1.78. The zero-order valence-corrected chi connectivity index (χ0v) is 15.3. The lowest BCUT2D eigenvalue weighted by Gasteiger charge is -2.38. The van der Waals surface area contributed by atoms with Crippen molar-refractivity contribution in [3.8, 4) is 0 Å². The van der Waals surface area contributed by atoms with Gasteiger partial charge in [-0.05, 0) is 30.9 Å². The van der Waals surface area contributed by atoms with Crippen LogP contribution in [-0.2, 0) is 4.74 Å². The number of likely N-dealkylation sites (N-methyl/N-ethyl adjacent to an activating group) is 1. The largest absolute Gasteiger partial charge is 0.381 e. The highest BCUT2D eigenvalue weighted by Gasteiger charge is 2.29. The van der Waals surface area contributed by atoms with Gasteiger partial charge in [0.25, 0.3) is 0 Å². The van der Waals surface area contributed by atoms with Crippen molar-refractivity contribution in [1.29, 1.82) is 0 Å². The highest BCUT2D eigenvalue weighted by molar-refractivity contribution is 5.19. The Labute approximate surface area is 147 Å². The molecule has 1 N–H and O–H groups in total. The molecule has 0 spiro atoms. The fourth-order valence-corrected chi connectivity index (χ4v) is 3.67. The smallest absolute Gasteiger partial charge is 0.0471 e. The van der Waals surface area contributed by atoms with E-state index in [-0.39, 0.29) is 0 Å². The van der Waals surface area contributed by atoms with Gasteiger partial charge in [0.1, 0.15) is 0 Å². The lowest BCUT2D eigenvalue weighted by Crippen LogP contribution is -2.48. The SMILES string of the molecule is CN1CCN(CC(NCC2(C)CCOCC2)c2ccccc2)CC1. The van der Waals surface area contributed by atoms with Crippen LogP contribution in [0.15, 0.2) is 30.3 Å². The van der Waals surface area contributed by atoms with Crippen LogP contribution in [0.25, 0.3) is 0 Å². The van der Waals surface area contributed by atoms with Gasteiger partial charge in [-0.3, -0.25) is 4.90 Å². The van der Waals surface area contributed by atoms with E-state index >= 15 is 0 Å². The summed E-state index contributed by atoms with van der Waals surface area (Å²) >= 11 is 0. The molecule has 0 bridgehead atoms. The molecule has 24 heavy (non-hydrogen) atoms. The molecule has 2 fully saturated rings. The molecule has 0 aromatic heterocycles. The molecule has 4 nitrogen and oxygen atoms in total. The maximum Gasteiger partial charge on any atom is 0.0471 e. The molecule has 0 radical (unpaired) electrons. The van der Waals surface area contributed by atoms with E-state index in [9.17, 15) is 0 Å². The molecule has 0 amide bonds. The fraction of sp³-hybridized carbons (Fsp3) is 0.700. The van der Waals surface area contributed by atoms with Gasteiger partial charge in [-0.15, -0.1) is 0 Å². The van der Waals surface area contributed by atoms with Crippen LogP contribution in [0.3, 0.4) is 0 Å². The minimum Gasteiger partial charge on any atom is -0.381 e. The van der Waals surface area contributed by atoms with E-state index in [2.05, 4.69) is 59.4 Å². The van der Waals surface area contributed by atoms with Crippen molar-refractivity contribution in [3.05, 3.63) is 35.9 Å². The Balaban J connectivity index is 1.61. The summed E-state index contributed by atoms with van der Waals surface area (Å²) in [4.78, 5) is 5.03. The van der Waals surface area contributed by atoms with Crippen molar-refractivity contribution in [2.24, 2.45) is 5.41 Å². The maximum absolute atomic E-state index is 5.55. The van der Waals surface area contributed by atoms with Crippen LogP contribution >= 0.6 is 0 Å². The van der Waals surface area contributed by atoms with Crippen molar-refractivity contribution in [2.75, 3.05) is 59.5 Å². The van der Waals surface area contributed by atoms with E-state index in [1.54, 1.807) is 0 Å². The van der Waals surface area contributed by atoms with Crippen molar-refractivity contribution < 1.29 is 4.74 Å². The van der Waals surface area contributed by atoms with Gasteiger partial charge in [-0.1, -0.05) is 37.3 Å². The molecule has 1 aromatic rings. The summed E-state index contributed by atoms with van der Waals surface area (Å²) in [6.07, 6.45) is 2.33. The summed E-state index contributed by atoms with van der Waals surface area (Å²) in [7, 11) is 2.22. The van der Waals surface area contributed by atoms with E-state index in [0.29, 0.717) is 11.5 Å². The molecule has 1 atom stereocenters. The fourth-order valence-electron chi connectivity index (χ4n) is 3.67. The minimum atomic E-state index is 0.368. The normalized spacial score (nSPS) is 23.9. The van der Waals surface area contributed by atoms with Crippen molar-refractivity contribution in [2.45, 2.75) is 25.8 Å². The van der Waals surface area contributed by atoms with E-state index in [1.165, 1.54) is 31.7 Å². The van der Waals surface area contributed by atoms with E-state index < -0.39 is 0 Å². The molecule has 0 saturated carbocycles. The molecule has 1 aromatic carbocycles. The molecule has 2 heterocycles. The van der Waals surface area contributed by atoms with Gasteiger partial charge in [0.15, 0.2) is 0 Å². The minimum absolute atomic E-state index is 0.368. The Morgan fingerprint density at radius 1 is 1.08 bits per heavy atom. The van der Waals surface area contributed by atoms with Gasteiger partial charge in [-0.25, -0.2) is 0 Å². The quantitative estimate of drug-likeness (QED) is 0.866. The Morgan fingerprint density at radius 2 is 1.75 bits per heavy atom. The Hall–Kier alpha value is -0.940. The molecular formula is C20H33N3O. The summed E-state index contributed by atoms with van der Waals surface area (Å²) in [5.74, 6) is 0. The Bertz CT molecular complexity index is 479. The van der Waals surface area contributed by atoms with E-state index in [0.717, 1.165) is 39.1 Å². The first-order valence-corrected chi connectivity index (χ1v) is 9.42. The number of nitrogens with zero attached hydrogens (tertiary/aromatic N) is 2. The summed E-state index contributed by atoms with van der Waals surface area (Å²) in [6.45, 7) is 11.1. The van der Waals surface area contributed by atoms with Crippen molar-refractivity contribution in [3.63, 3.8) is 0 Å². The number of hydrogen-bond donors (Lipinski definition) is 1. The van der Waals surface area contributed by atoms with Gasteiger partial charge >= 0.3 is 0 Å². The average molecular weight is 332 g/mol. The van der Waals surface area contributed by atoms with Crippen LogP contribution in [0.4, 0.5) is 0 Å². The Kier molecular flexibility index (Phi) is 6.28. The maximum atomic E-state index is 5.55. The zero-order chi connectivity index (χ0) is 16.8. The molecule has 2 saturated heterocycles. The van der Waals surface area contributed by atoms with Gasteiger partial charge in [0.2, 0.25) is 0 Å². The number of nitrogens with one attached hydrogen (secondary N) is 1. The summed E-state index contributed by atoms with van der Waals surface area (Å²) < 4.78 is 5.55. The van der Waals surface area contributed by atoms with Crippen LogP contribution in [0.2, 0.25) is 0 Å². The molecule has 4 heteroatoms.